The summed E-state index contributed by atoms with van der Waals surface area (Å²) in [6.45, 7) is 1.90. The van der Waals surface area contributed by atoms with Gasteiger partial charge in [0, 0.05) is 17.7 Å². The number of hydrogen-bond acceptors (Lipinski definition) is 4. The van der Waals surface area contributed by atoms with Crippen molar-refractivity contribution in [3.05, 3.63) is 30.4 Å². The predicted molar refractivity (Wildman–Crippen MR) is 60.0 cm³/mol. The van der Waals surface area contributed by atoms with Crippen molar-refractivity contribution in [2.75, 3.05) is 0 Å². The molecule has 3 aromatic heterocycles. The Morgan fingerprint density at radius 1 is 1.24 bits per heavy atom. The minimum atomic E-state index is 0. The molecule has 0 fully saturated rings. The molecule has 0 aliphatic carbocycles. The summed E-state index contributed by atoms with van der Waals surface area (Å²) in [6.07, 6.45) is 4.01. The molecular formula is C10H10IN5S. The van der Waals surface area contributed by atoms with Crippen molar-refractivity contribution in [2.24, 2.45) is 7.05 Å². The maximum absolute atomic E-state index is 4.47. The first-order valence-corrected chi connectivity index (χ1v) is 5.70. The summed E-state index contributed by atoms with van der Waals surface area (Å²) in [6, 6.07) is 4.09. The molecular weight excluding hydrogens is 349 g/mol. The molecule has 0 N–H and O–H groups in total. The normalized spacial score (nSPS) is 10.5. The van der Waals surface area contributed by atoms with Crippen LogP contribution in [0.2, 0.25) is 0 Å². The topological polar surface area (TPSA) is 47.0 Å². The van der Waals surface area contributed by atoms with Crippen molar-refractivity contribution < 1.29 is 28.5 Å². The van der Waals surface area contributed by atoms with Crippen molar-refractivity contribution in [2.45, 2.75) is 6.92 Å². The SMILES string of the molecule is Cc1nnc2sc(-c3cc[n+](C)cc3)nn12.[I-]. The van der Waals surface area contributed by atoms with E-state index in [9.17, 15) is 0 Å². The number of rotatable bonds is 1. The zero-order valence-corrected chi connectivity index (χ0v) is 12.3. The number of halogens is 1. The smallest absolute Gasteiger partial charge is 0.234 e. The van der Waals surface area contributed by atoms with Crippen LogP contribution in [0.15, 0.2) is 24.5 Å². The van der Waals surface area contributed by atoms with Crippen LogP contribution in [-0.2, 0) is 7.05 Å². The van der Waals surface area contributed by atoms with Gasteiger partial charge in [-0.1, -0.05) is 11.3 Å². The first kappa shape index (κ1) is 12.4. The first-order valence-electron chi connectivity index (χ1n) is 4.88. The highest BCUT2D eigenvalue weighted by molar-refractivity contribution is 7.19. The molecule has 0 aliphatic rings. The highest BCUT2D eigenvalue weighted by Crippen LogP contribution is 2.24. The second-order valence-corrected chi connectivity index (χ2v) is 4.56. The summed E-state index contributed by atoms with van der Waals surface area (Å²) in [7, 11) is 1.99. The van der Waals surface area contributed by atoms with E-state index in [1.54, 1.807) is 15.9 Å². The molecule has 0 saturated carbocycles. The van der Waals surface area contributed by atoms with Gasteiger partial charge in [0.05, 0.1) is 0 Å². The van der Waals surface area contributed by atoms with Crippen molar-refractivity contribution in [3.8, 4) is 10.6 Å². The summed E-state index contributed by atoms with van der Waals surface area (Å²) < 4.78 is 3.77. The predicted octanol–water partition coefficient (Wildman–Crippen LogP) is -2.01. The van der Waals surface area contributed by atoms with Gasteiger partial charge in [-0.15, -0.1) is 10.2 Å². The Bertz CT molecular complexity index is 642. The number of aromatic nitrogens is 5. The lowest BCUT2D eigenvalue weighted by Crippen LogP contribution is -3.00. The van der Waals surface area contributed by atoms with Crippen molar-refractivity contribution in [3.63, 3.8) is 0 Å². The third-order valence-electron chi connectivity index (χ3n) is 2.37. The Balaban J connectivity index is 0.00000108. The van der Waals surface area contributed by atoms with E-state index in [2.05, 4.69) is 15.3 Å². The monoisotopic (exact) mass is 359 g/mol. The molecule has 5 nitrogen and oxygen atoms in total. The second-order valence-electron chi connectivity index (χ2n) is 3.60. The zero-order chi connectivity index (χ0) is 11.1. The molecule has 88 valence electrons. The third-order valence-corrected chi connectivity index (χ3v) is 3.32. The molecule has 0 radical (unpaired) electrons. The fraction of sp³-hybridized carbons (Fsp3) is 0.200. The van der Waals surface area contributed by atoms with Crippen LogP contribution >= 0.6 is 11.3 Å². The highest BCUT2D eigenvalue weighted by atomic mass is 127. The summed E-state index contributed by atoms with van der Waals surface area (Å²) in [4.78, 5) is 0.834. The van der Waals surface area contributed by atoms with Crippen molar-refractivity contribution >= 4 is 16.3 Å². The van der Waals surface area contributed by atoms with Crippen LogP contribution in [0.1, 0.15) is 5.82 Å². The number of pyridine rings is 1. The van der Waals surface area contributed by atoms with Crippen LogP contribution < -0.4 is 28.5 Å². The second kappa shape index (κ2) is 4.65. The van der Waals surface area contributed by atoms with E-state index < -0.39 is 0 Å². The van der Waals surface area contributed by atoms with Gasteiger partial charge in [0.2, 0.25) is 4.96 Å². The van der Waals surface area contributed by atoms with Gasteiger partial charge in [0.15, 0.2) is 18.2 Å². The molecule has 0 aliphatic heterocycles. The van der Waals surface area contributed by atoms with Crippen molar-refractivity contribution in [1.29, 1.82) is 0 Å². The molecule has 0 amide bonds. The third kappa shape index (κ3) is 2.16. The van der Waals surface area contributed by atoms with Gasteiger partial charge in [-0.05, 0) is 6.92 Å². The molecule has 7 heteroatoms. The maximum atomic E-state index is 4.47. The van der Waals surface area contributed by atoms with E-state index in [1.165, 1.54) is 0 Å². The molecule has 3 heterocycles. The van der Waals surface area contributed by atoms with E-state index in [1.807, 2.05) is 43.1 Å². The lowest BCUT2D eigenvalue weighted by atomic mass is 10.3. The number of hydrogen-bond donors (Lipinski definition) is 0. The van der Waals surface area contributed by atoms with Crippen LogP contribution in [0, 0.1) is 6.92 Å². The molecule has 3 aromatic rings. The van der Waals surface area contributed by atoms with Crippen molar-refractivity contribution in [1.82, 2.24) is 19.8 Å². The van der Waals surface area contributed by atoms with Gasteiger partial charge >= 0.3 is 0 Å². The number of aryl methyl sites for hydroxylation is 2. The van der Waals surface area contributed by atoms with Crippen LogP contribution in [0.3, 0.4) is 0 Å². The standard InChI is InChI=1S/C10H10N5S.HI/c1-7-11-12-10-15(7)13-9(16-10)8-3-5-14(2)6-4-8;/h3-6H,1-2H3;1H/q+1;/p-1. The average Bonchev–Trinajstić information content (AvgIpc) is 2.83. The minimum absolute atomic E-state index is 0. The van der Waals surface area contributed by atoms with E-state index in [-0.39, 0.29) is 24.0 Å². The van der Waals surface area contributed by atoms with E-state index >= 15 is 0 Å². The Hall–Kier alpha value is -1.09. The largest absolute Gasteiger partial charge is 1.00 e. The van der Waals surface area contributed by atoms with Crippen LogP contribution in [0.25, 0.3) is 15.5 Å². The Morgan fingerprint density at radius 2 is 1.94 bits per heavy atom. The fourth-order valence-electron chi connectivity index (χ4n) is 1.47. The summed E-state index contributed by atoms with van der Waals surface area (Å²) in [5.74, 6) is 0.819. The van der Waals surface area contributed by atoms with Gasteiger partial charge in [0.25, 0.3) is 0 Å². The van der Waals surface area contributed by atoms with E-state index in [4.69, 9.17) is 0 Å². The molecule has 0 aromatic carbocycles. The van der Waals surface area contributed by atoms with Crippen LogP contribution in [0.4, 0.5) is 0 Å². The van der Waals surface area contributed by atoms with Gasteiger partial charge in [-0.3, -0.25) is 0 Å². The average molecular weight is 359 g/mol. The molecule has 17 heavy (non-hydrogen) atoms. The van der Waals surface area contributed by atoms with Crippen LogP contribution in [-0.4, -0.2) is 19.8 Å². The Labute approximate surface area is 119 Å². The molecule has 0 atom stereocenters. The zero-order valence-electron chi connectivity index (χ0n) is 9.33. The van der Waals surface area contributed by atoms with Gasteiger partial charge in [0.1, 0.15) is 12.1 Å². The lowest BCUT2D eigenvalue weighted by molar-refractivity contribution is -0.671. The van der Waals surface area contributed by atoms with E-state index in [0.717, 1.165) is 21.4 Å². The van der Waals surface area contributed by atoms with Crippen LogP contribution in [0.5, 0.6) is 0 Å². The highest BCUT2D eigenvalue weighted by Gasteiger charge is 2.10. The molecule has 0 spiro atoms. The molecule has 3 rings (SSSR count). The van der Waals surface area contributed by atoms with Gasteiger partial charge in [-0.25, -0.2) is 4.57 Å². The van der Waals surface area contributed by atoms with E-state index in [0.29, 0.717) is 0 Å². The van der Waals surface area contributed by atoms with Gasteiger partial charge < -0.3 is 24.0 Å². The molecule has 0 unspecified atom stereocenters. The summed E-state index contributed by atoms with van der Waals surface area (Å²) in [5.41, 5.74) is 1.10. The molecule has 0 saturated heterocycles. The minimum Gasteiger partial charge on any atom is -1.00 e. The quantitative estimate of drug-likeness (QED) is 0.373. The van der Waals surface area contributed by atoms with Gasteiger partial charge in [-0.2, -0.15) is 9.61 Å². The molecule has 0 bridgehead atoms. The number of nitrogens with zero attached hydrogens (tertiary/aromatic N) is 5. The lowest BCUT2D eigenvalue weighted by Gasteiger charge is -1.92. The maximum Gasteiger partial charge on any atom is 0.234 e. The Kier molecular flexibility index (Phi) is 3.38. The first-order chi connectivity index (χ1) is 7.74. The number of fused-ring (bicyclic) bond motifs is 1. The summed E-state index contributed by atoms with van der Waals surface area (Å²) in [5, 5.41) is 13.4. The Morgan fingerprint density at radius 3 is 2.59 bits per heavy atom. The summed E-state index contributed by atoms with van der Waals surface area (Å²) >= 11 is 1.55. The fourth-order valence-corrected chi connectivity index (χ4v) is 2.37.